The van der Waals surface area contributed by atoms with Crippen LogP contribution in [0.2, 0.25) is 0 Å². The van der Waals surface area contributed by atoms with Crippen molar-refractivity contribution in [1.82, 2.24) is 0 Å². The van der Waals surface area contributed by atoms with Crippen molar-refractivity contribution >= 4 is 23.0 Å². The first-order valence-corrected chi connectivity index (χ1v) is 6.17. The molecular weight excluding hydrogens is 270 g/mol. The van der Waals surface area contributed by atoms with E-state index >= 15 is 0 Å². The second-order valence-electron chi connectivity index (χ2n) is 3.82. The number of rotatable bonds is 10. The number of esters is 1. The predicted molar refractivity (Wildman–Crippen MR) is 72.9 cm³/mol. The molecule has 0 spiro atoms. The van der Waals surface area contributed by atoms with E-state index in [0.29, 0.717) is 13.0 Å². The molecule has 0 bridgehead atoms. The number of nitrogens with two attached hydrogens (primary N) is 1. The largest absolute Gasteiger partial charge is 0.466 e. The summed E-state index contributed by atoms with van der Waals surface area (Å²) in [6.07, 6.45) is 8.84. The molecule has 0 aliphatic carbocycles. The van der Waals surface area contributed by atoms with Gasteiger partial charge in [-0.2, -0.15) is 0 Å². The molecule has 0 heterocycles. The maximum Gasteiger partial charge on any atom is 0.305 e. The second-order valence-corrected chi connectivity index (χ2v) is 3.82. The summed E-state index contributed by atoms with van der Waals surface area (Å²) in [7, 11) is 0. The summed E-state index contributed by atoms with van der Waals surface area (Å²) in [6.45, 7) is 3.15. The van der Waals surface area contributed by atoms with E-state index in [4.69, 9.17) is 10.5 Å². The van der Waals surface area contributed by atoms with Crippen LogP contribution < -0.4 is 5.73 Å². The average molecular weight is 296 g/mol. The van der Waals surface area contributed by atoms with Gasteiger partial charge in [0.2, 0.25) is 0 Å². The normalized spacial score (nSPS) is 9.62. The zero-order valence-corrected chi connectivity index (χ0v) is 12.1. The van der Waals surface area contributed by atoms with Crippen molar-refractivity contribution in [2.24, 2.45) is 5.73 Å². The summed E-state index contributed by atoms with van der Waals surface area (Å²) < 4.78 is 4.85. The van der Waals surface area contributed by atoms with Gasteiger partial charge in [-0.05, 0) is 26.3 Å². The smallest absolute Gasteiger partial charge is 0.305 e. The van der Waals surface area contributed by atoms with Crippen LogP contribution in [0.1, 0.15) is 58.3 Å². The monoisotopic (exact) mass is 295 g/mol. The van der Waals surface area contributed by atoms with Crippen LogP contribution in [0, 0.1) is 0 Å². The van der Waals surface area contributed by atoms with Gasteiger partial charge in [0, 0.05) is 6.42 Å². The lowest BCUT2D eigenvalue weighted by molar-refractivity contribution is -0.143. The van der Waals surface area contributed by atoms with Gasteiger partial charge in [0.25, 0.3) is 0 Å². The van der Waals surface area contributed by atoms with Crippen molar-refractivity contribution in [3.05, 3.63) is 0 Å². The zero-order chi connectivity index (χ0) is 11.4. The van der Waals surface area contributed by atoms with Crippen molar-refractivity contribution in [2.45, 2.75) is 58.3 Å². The van der Waals surface area contributed by atoms with Gasteiger partial charge in [0.1, 0.15) is 0 Å². The first-order valence-electron chi connectivity index (χ1n) is 6.17. The van der Waals surface area contributed by atoms with Gasteiger partial charge in [-0.3, -0.25) is 4.79 Å². The maximum atomic E-state index is 11.0. The summed E-state index contributed by atoms with van der Waals surface area (Å²) in [5, 5.41) is 0. The van der Waals surface area contributed by atoms with Gasteiger partial charge < -0.3 is 10.5 Å². The molecule has 0 aromatic carbocycles. The van der Waals surface area contributed by atoms with Gasteiger partial charge in [-0.1, -0.05) is 32.1 Å². The van der Waals surface area contributed by atoms with Crippen LogP contribution in [0.5, 0.6) is 0 Å². The fraction of sp³-hybridized carbons (Fsp3) is 0.917. The van der Waals surface area contributed by atoms with Crippen molar-refractivity contribution in [3.63, 3.8) is 0 Å². The average Bonchev–Trinajstić information content (AvgIpc) is 2.22. The summed E-state index contributed by atoms with van der Waals surface area (Å²) >= 11 is 0. The molecule has 0 aromatic rings. The molecule has 0 fully saturated rings. The molecule has 0 aliphatic rings. The summed E-state index contributed by atoms with van der Waals surface area (Å²) in [5.41, 5.74) is 5.40. The van der Waals surface area contributed by atoms with Crippen LogP contribution in [-0.4, -0.2) is 19.1 Å². The maximum absolute atomic E-state index is 11.0. The van der Waals surface area contributed by atoms with E-state index in [1.165, 1.54) is 25.7 Å². The van der Waals surface area contributed by atoms with E-state index in [1.54, 1.807) is 0 Å². The Kier molecular flexibility index (Phi) is 17.0. The number of carbonyl (C=O) groups excluding carboxylic acids is 1. The summed E-state index contributed by atoms with van der Waals surface area (Å²) in [5.74, 6) is -0.0550. The van der Waals surface area contributed by atoms with E-state index in [2.05, 4.69) is 0 Å². The molecule has 0 rings (SSSR count). The third kappa shape index (κ3) is 13.9. The molecule has 0 unspecified atom stereocenters. The quantitative estimate of drug-likeness (QED) is 0.497. The third-order valence-electron chi connectivity index (χ3n) is 2.39. The number of unbranched alkanes of at least 4 members (excludes halogenated alkanes) is 6. The van der Waals surface area contributed by atoms with E-state index in [-0.39, 0.29) is 23.0 Å². The van der Waals surface area contributed by atoms with E-state index < -0.39 is 0 Å². The number of halogens is 1. The zero-order valence-electron chi connectivity index (χ0n) is 10.4. The van der Waals surface area contributed by atoms with Gasteiger partial charge in [0.05, 0.1) is 6.61 Å². The van der Waals surface area contributed by atoms with Gasteiger partial charge in [-0.15, -0.1) is 17.0 Å². The van der Waals surface area contributed by atoms with Gasteiger partial charge in [-0.25, -0.2) is 0 Å². The lowest BCUT2D eigenvalue weighted by Gasteiger charge is -2.02. The molecule has 3 nitrogen and oxygen atoms in total. The van der Waals surface area contributed by atoms with Gasteiger partial charge in [0.15, 0.2) is 0 Å². The Bertz CT molecular complexity index is 154. The number of carbonyl (C=O) groups is 1. The second kappa shape index (κ2) is 14.9. The molecule has 98 valence electrons. The molecule has 0 radical (unpaired) electrons. The molecule has 0 aliphatic heterocycles. The molecule has 0 aromatic heterocycles. The van der Waals surface area contributed by atoms with Crippen LogP contribution in [0.15, 0.2) is 0 Å². The highest BCUT2D eigenvalue weighted by Crippen LogP contribution is 2.08. The molecule has 4 heteroatoms. The molecule has 0 atom stereocenters. The topological polar surface area (TPSA) is 52.3 Å². The first-order chi connectivity index (χ1) is 7.31. The van der Waals surface area contributed by atoms with E-state index in [1.807, 2.05) is 6.92 Å². The van der Waals surface area contributed by atoms with Crippen LogP contribution in [-0.2, 0) is 9.53 Å². The van der Waals surface area contributed by atoms with Crippen LogP contribution in [0.25, 0.3) is 0 Å². The van der Waals surface area contributed by atoms with Crippen LogP contribution >= 0.6 is 17.0 Å². The minimum atomic E-state index is -0.0550. The summed E-state index contributed by atoms with van der Waals surface area (Å²) in [6, 6.07) is 0. The Hall–Kier alpha value is -0.0900. The van der Waals surface area contributed by atoms with Crippen LogP contribution in [0.4, 0.5) is 0 Å². The van der Waals surface area contributed by atoms with Crippen molar-refractivity contribution in [3.8, 4) is 0 Å². The molecule has 0 saturated heterocycles. The number of hydrogen-bond acceptors (Lipinski definition) is 3. The van der Waals surface area contributed by atoms with Gasteiger partial charge >= 0.3 is 5.97 Å². The Morgan fingerprint density at radius 2 is 1.50 bits per heavy atom. The Morgan fingerprint density at radius 1 is 1.00 bits per heavy atom. The first kappa shape index (κ1) is 18.3. The molecular formula is C12H26BrNO2. The van der Waals surface area contributed by atoms with Crippen molar-refractivity contribution < 1.29 is 9.53 Å². The highest BCUT2D eigenvalue weighted by Gasteiger charge is 2.00. The highest BCUT2D eigenvalue weighted by molar-refractivity contribution is 8.93. The standard InChI is InChI=1S/C12H25NO2.BrH/c1-2-15-12(14)10-8-6-4-3-5-7-9-11-13;/h2-11,13H2,1H3;1H. The molecule has 16 heavy (non-hydrogen) atoms. The number of ether oxygens (including phenoxy) is 1. The lowest BCUT2D eigenvalue weighted by atomic mass is 10.1. The fourth-order valence-electron chi connectivity index (χ4n) is 1.53. The Morgan fingerprint density at radius 3 is 2.00 bits per heavy atom. The SMILES string of the molecule is Br.CCOC(=O)CCCCCCCCCN. The molecule has 0 amide bonds. The Balaban J connectivity index is 0. The third-order valence-corrected chi connectivity index (χ3v) is 2.39. The number of hydrogen-bond donors (Lipinski definition) is 1. The van der Waals surface area contributed by atoms with E-state index in [0.717, 1.165) is 25.8 Å². The minimum absolute atomic E-state index is 0. The highest BCUT2D eigenvalue weighted by atomic mass is 79.9. The molecule has 0 saturated carbocycles. The van der Waals surface area contributed by atoms with Crippen molar-refractivity contribution in [1.29, 1.82) is 0 Å². The fourth-order valence-corrected chi connectivity index (χ4v) is 1.53. The molecule has 2 N–H and O–H groups in total. The Labute approximate surface area is 110 Å². The minimum Gasteiger partial charge on any atom is -0.466 e. The summed E-state index contributed by atoms with van der Waals surface area (Å²) in [4.78, 5) is 11.0. The van der Waals surface area contributed by atoms with Crippen molar-refractivity contribution in [2.75, 3.05) is 13.2 Å². The lowest BCUT2D eigenvalue weighted by Crippen LogP contribution is -2.03. The predicted octanol–water partition coefficient (Wildman–Crippen LogP) is 3.21. The van der Waals surface area contributed by atoms with Crippen LogP contribution in [0.3, 0.4) is 0 Å². The van der Waals surface area contributed by atoms with E-state index in [9.17, 15) is 4.79 Å².